The third-order valence-corrected chi connectivity index (χ3v) is 5.40. The van der Waals surface area contributed by atoms with Crippen molar-refractivity contribution >= 4 is 29.9 Å². The molecule has 0 saturated carbocycles. The van der Waals surface area contributed by atoms with Gasteiger partial charge in [0.05, 0.1) is 0 Å². The minimum atomic E-state index is 0. The Hall–Kier alpha value is -1.64. The summed E-state index contributed by atoms with van der Waals surface area (Å²) in [4.78, 5) is 9.44. The number of benzene rings is 2. The highest BCUT2D eigenvalue weighted by molar-refractivity contribution is 14.0. The van der Waals surface area contributed by atoms with E-state index in [0.717, 1.165) is 45.2 Å². The van der Waals surface area contributed by atoms with Crippen LogP contribution in [0.5, 0.6) is 0 Å². The predicted molar refractivity (Wildman–Crippen MR) is 133 cm³/mol. The Balaban J connectivity index is 0.00000300. The van der Waals surface area contributed by atoms with Crippen LogP contribution in [0.4, 0.5) is 0 Å². The monoisotopic (exact) mass is 507 g/mol. The van der Waals surface area contributed by atoms with Crippen LogP contribution in [0.15, 0.2) is 59.6 Å². The number of piperazine rings is 1. The summed E-state index contributed by atoms with van der Waals surface area (Å²) >= 11 is 0. The Morgan fingerprint density at radius 2 is 1.41 bits per heavy atom. The first kappa shape index (κ1) is 23.6. The molecule has 1 saturated heterocycles. The lowest BCUT2D eigenvalue weighted by Gasteiger charge is -2.34. The molecule has 0 radical (unpaired) electrons. The highest BCUT2D eigenvalue weighted by atomic mass is 127. The van der Waals surface area contributed by atoms with E-state index in [-0.39, 0.29) is 24.0 Å². The molecule has 2 aromatic carbocycles. The molecule has 158 valence electrons. The number of nitrogens with zero attached hydrogens (tertiary/aromatic N) is 3. The first-order chi connectivity index (χ1) is 13.8. The first-order valence-corrected chi connectivity index (χ1v) is 10.3. The average Bonchev–Trinajstić information content (AvgIpc) is 2.76. The fourth-order valence-corrected chi connectivity index (χ4v) is 3.57. The van der Waals surface area contributed by atoms with E-state index in [0.29, 0.717) is 0 Å². The number of hydrogen-bond donors (Lipinski definition) is 2. The van der Waals surface area contributed by atoms with Gasteiger partial charge in [0, 0.05) is 52.9 Å². The third-order valence-electron chi connectivity index (χ3n) is 5.40. The molecular weight excluding hydrogens is 473 g/mol. The molecule has 0 atom stereocenters. The van der Waals surface area contributed by atoms with Crippen LogP contribution in [0.25, 0.3) is 0 Å². The Bertz CT molecular complexity index is 742. The number of hydrogen-bond acceptors (Lipinski definition) is 3. The molecule has 29 heavy (non-hydrogen) atoms. The number of halogens is 1. The summed E-state index contributed by atoms with van der Waals surface area (Å²) in [5, 5.41) is 6.85. The fraction of sp³-hybridized carbons (Fsp3) is 0.435. The average molecular weight is 507 g/mol. The van der Waals surface area contributed by atoms with Gasteiger partial charge in [0.2, 0.25) is 0 Å². The van der Waals surface area contributed by atoms with Gasteiger partial charge in [-0.1, -0.05) is 61.5 Å². The van der Waals surface area contributed by atoms with E-state index >= 15 is 0 Å². The largest absolute Gasteiger partial charge is 0.352 e. The molecule has 0 unspecified atom stereocenters. The zero-order valence-corrected chi connectivity index (χ0v) is 19.9. The van der Waals surface area contributed by atoms with Crippen molar-refractivity contribution in [2.75, 3.05) is 39.8 Å². The second kappa shape index (κ2) is 12.8. The molecule has 0 amide bonds. The zero-order valence-electron chi connectivity index (χ0n) is 17.6. The Morgan fingerprint density at radius 3 is 2.07 bits per heavy atom. The molecule has 5 nitrogen and oxygen atoms in total. The van der Waals surface area contributed by atoms with Gasteiger partial charge < -0.3 is 15.5 Å². The van der Waals surface area contributed by atoms with Gasteiger partial charge in [0.25, 0.3) is 0 Å². The zero-order chi connectivity index (χ0) is 19.6. The number of nitrogens with one attached hydrogen (secondary N) is 2. The molecular formula is C23H34IN5. The molecule has 0 aromatic heterocycles. The van der Waals surface area contributed by atoms with Gasteiger partial charge in [-0.05, 0) is 23.2 Å². The van der Waals surface area contributed by atoms with Crippen LogP contribution in [-0.2, 0) is 19.6 Å². The molecule has 3 rings (SSSR count). The molecule has 2 N–H and O–H groups in total. The number of rotatable bonds is 7. The van der Waals surface area contributed by atoms with Crippen LogP contribution in [0.2, 0.25) is 0 Å². The van der Waals surface area contributed by atoms with Crippen molar-refractivity contribution in [1.29, 1.82) is 0 Å². The maximum atomic E-state index is 4.36. The van der Waals surface area contributed by atoms with E-state index in [9.17, 15) is 0 Å². The van der Waals surface area contributed by atoms with Crippen LogP contribution in [0, 0.1) is 0 Å². The van der Waals surface area contributed by atoms with Gasteiger partial charge in [-0.3, -0.25) is 9.89 Å². The van der Waals surface area contributed by atoms with Crippen molar-refractivity contribution < 1.29 is 0 Å². The molecule has 1 fully saturated rings. The molecule has 1 aliphatic rings. The third kappa shape index (κ3) is 7.60. The number of aliphatic imine (C=N–C) groups is 1. The number of likely N-dealkylation sites (N-methyl/N-ethyl adjacent to an activating group) is 1. The van der Waals surface area contributed by atoms with Gasteiger partial charge in [0.1, 0.15) is 0 Å². The van der Waals surface area contributed by atoms with Crippen molar-refractivity contribution in [1.82, 2.24) is 20.4 Å². The van der Waals surface area contributed by atoms with Gasteiger partial charge in [-0.15, -0.1) is 24.0 Å². The molecule has 0 aliphatic carbocycles. The molecule has 6 heteroatoms. The summed E-state index contributed by atoms with van der Waals surface area (Å²) in [5.74, 6) is 0.829. The molecule has 1 heterocycles. The van der Waals surface area contributed by atoms with Gasteiger partial charge in [0.15, 0.2) is 5.96 Å². The van der Waals surface area contributed by atoms with Crippen LogP contribution in [0.1, 0.15) is 23.6 Å². The first-order valence-electron chi connectivity index (χ1n) is 10.3. The normalized spacial score (nSPS) is 15.6. The summed E-state index contributed by atoms with van der Waals surface area (Å²) < 4.78 is 0. The summed E-state index contributed by atoms with van der Waals surface area (Å²) in [5.41, 5.74) is 3.98. The lowest BCUT2D eigenvalue weighted by atomic mass is 10.1. The maximum Gasteiger partial charge on any atom is 0.191 e. The quantitative estimate of drug-likeness (QED) is 0.343. The highest BCUT2D eigenvalue weighted by Gasteiger charge is 2.16. The molecule has 1 aliphatic heterocycles. The second-order valence-electron chi connectivity index (χ2n) is 7.24. The van der Waals surface area contributed by atoms with E-state index in [1.54, 1.807) is 0 Å². The van der Waals surface area contributed by atoms with Crippen LogP contribution in [0.3, 0.4) is 0 Å². The predicted octanol–water partition coefficient (Wildman–Crippen LogP) is 3.31. The maximum absolute atomic E-state index is 4.36. The standard InChI is InChI=1S/C23H33N5.HI/c1-3-27-13-15-28(16-14-27)19-22-12-8-7-11-21(22)18-26-23(24-2)25-17-20-9-5-4-6-10-20;/h4-12H,3,13-19H2,1-2H3,(H2,24,25,26);1H. The van der Waals surface area contributed by atoms with Crippen molar-refractivity contribution in [2.45, 2.75) is 26.6 Å². The summed E-state index contributed by atoms with van der Waals surface area (Å²) in [6.07, 6.45) is 0. The van der Waals surface area contributed by atoms with E-state index in [1.165, 1.54) is 29.8 Å². The minimum Gasteiger partial charge on any atom is -0.352 e. The van der Waals surface area contributed by atoms with E-state index in [2.05, 4.69) is 80.9 Å². The second-order valence-corrected chi connectivity index (χ2v) is 7.24. The topological polar surface area (TPSA) is 42.9 Å². The van der Waals surface area contributed by atoms with E-state index < -0.39 is 0 Å². The van der Waals surface area contributed by atoms with Gasteiger partial charge in [-0.2, -0.15) is 0 Å². The van der Waals surface area contributed by atoms with Crippen LogP contribution >= 0.6 is 24.0 Å². The smallest absolute Gasteiger partial charge is 0.191 e. The fourth-order valence-electron chi connectivity index (χ4n) is 3.57. The summed E-state index contributed by atoms with van der Waals surface area (Å²) in [7, 11) is 1.82. The Kier molecular flexibility index (Phi) is 10.5. The molecule has 2 aromatic rings. The SMILES string of the molecule is CCN1CCN(Cc2ccccc2CNC(=NC)NCc2ccccc2)CC1.I. The van der Waals surface area contributed by atoms with Crippen molar-refractivity contribution in [3.8, 4) is 0 Å². The molecule has 0 bridgehead atoms. The summed E-state index contributed by atoms with van der Waals surface area (Å²) in [6, 6.07) is 19.1. The van der Waals surface area contributed by atoms with Gasteiger partial charge in [-0.25, -0.2) is 0 Å². The lowest BCUT2D eigenvalue weighted by Crippen LogP contribution is -2.45. The van der Waals surface area contributed by atoms with Crippen LogP contribution in [-0.4, -0.2) is 55.5 Å². The Labute approximate surface area is 192 Å². The number of guanidine groups is 1. The van der Waals surface area contributed by atoms with E-state index in [1.807, 2.05) is 13.1 Å². The van der Waals surface area contributed by atoms with Crippen molar-refractivity contribution in [3.05, 3.63) is 71.3 Å². The van der Waals surface area contributed by atoms with E-state index in [4.69, 9.17) is 0 Å². The van der Waals surface area contributed by atoms with Crippen molar-refractivity contribution in [2.24, 2.45) is 4.99 Å². The summed E-state index contributed by atoms with van der Waals surface area (Å²) in [6.45, 7) is 10.6. The van der Waals surface area contributed by atoms with Gasteiger partial charge >= 0.3 is 0 Å². The lowest BCUT2D eigenvalue weighted by molar-refractivity contribution is 0.131. The minimum absolute atomic E-state index is 0. The Morgan fingerprint density at radius 1 is 0.828 bits per heavy atom. The van der Waals surface area contributed by atoms with Crippen molar-refractivity contribution in [3.63, 3.8) is 0 Å². The molecule has 0 spiro atoms. The highest BCUT2D eigenvalue weighted by Crippen LogP contribution is 2.13. The van der Waals surface area contributed by atoms with Crippen LogP contribution < -0.4 is 10.6 Å².